The van der Waals surface area contributed by atoms with Crippen LogP contribution in [0.3, 0.4) is 0 Å². The van der Waals surface area contributed by atoms with E-state index in [1.807, 2.05) is 13.0 Å². The van der Waals surface area contributed by atoms with Crippen LogP contribution in [0, 0.1) is 18.6 Å². The van der Waals surface area contributed by atoms with Crippen LogP contribution in [0.5, 0.6) is 5.75 Å². The Balaban J connectivity index is 2.03. The van der Waals surface area contributed by atoms with Gasteiger partial charge in [0.25, 0.3) is 0 Å². The van der Waals surface area contributed by atoms with Crippen LogP contribution in [-0.2, 0) is 0 Å². The Morgan fingerprint density at radius 3 is 2.72 bits per heavy atom. The predicted octanol–water partition coefficient (Wildman–Crippen LogP) is 3.60. The first-order chi connectivity index (χ1) is 8.56. The van der Waals surface area contributed by atoms with Crippen molar-refractivity contribution in [3.05, 3.63) is 51.7 Å². The summed E-state index contributed by atoms with van der Waals surface area (Å²) < 4.78 is 31.1. The van der Waals surface area contributed by atoms with Crippen molar-refractivity contribution in [3.63, 3.8) is 0 Å². The van der Waals surface area contributed by atoms with E-state index in [0.717, 1.165) is 23.1 Å². The van der Waals surface area contributed by atoms with Gasteiger partial charge in [0.15, 0.2) is 18.2 Å². The summed E-state index contributed by atoms with van der Waals surface area (Å²) in [4.78, 5) is 13.3. The van der Waals surface area contributed by atoms with Gasteiger partial charge in [-0.15, -0.1) is 11.3 Å². The number of ether oxygens (including phenoxy) is 1. The van der Waals surface area contributed by atoms with Gasteiger partial charge >= 0.3 is 0 Å². The summed E-state index contributed by atoms with van der Waals surface area (Å²) in [5.74, 6) is -1.80. The van der Waals surface area contributed by atoms with Crippen molar-refractivity contribution in [1.29, 1.82) is 0 Å². The largest absolute Gasteiger partial charge is 0.482 e. The molecule has 0 aliphatic rings. The minimum atomic E-state index is -0.688. The molecule has 0 radical (unpaired) electrons. The van der Waals surface area contributed by atoms with E-state index >= 15 is 0 Å². The van der Waals surface area contributed by atoms with Crippen LogP contribution in [0.1, 0.15) is 14.5 Å². The zero-order valence-electron chi connectivity index (χ0n) is 9.57. The Hall–Kier alpha value is -1.75. The molecule has 0 spiro atoms. The second-order valence-corrected chi connectivity index (χ2v) is 4.98. The monoisotopic (exact) mass is 268 g/mol. The number of aryl methyl sites for hydroxylation is 1. The zero-order valence-corrected chi connectivity index (χ0v) is 10.4. The van der Waals surface area contributed by atoms with Gasteiger partial charge in [0, 0.05) is 10.9 Å². The molecule has 0 atom stereocenters. The Morgan fingerprint density at radius 2 is 2.06 bits per heavy atom. The van der Waals surface area contributed by atoms with Crippen LogP contribution in [0.25, 0.3) is 0 Å². The fourth-order valence-corrected chi connectivity index (χ4v) is 2.18. The molecule has 18 heavy (non-hydrogen) atoms. The van der Waals surface area contributed by atoms with E-state index in [-0.39, 0.29) is 18.1 Å². The predicted molar refractivity (Wildman–Crippen MR) is 65.2 cm³/mol. The zero-order chi connectivity index (χ0) is 13.1. The minimum Gasteiger partial charge on any atom is -0.482 e. The number of carbonyl (C=O) groups excluding carboxylic acids is 1. The molecular formula is C13H10F2O2S. The highest BCUT2D eigenvalue weighted by Crippen LogP contribution is 2.19. The Labute approximate surface area is 107 Å². The fourth-order valence-electron chi connectivity index (χ4n) is 1.39. The van der Waals surface area contributed by atoms with Crippen molar-refractivity contribution in [3.8, 4) is 5.75 Å². The molecule has 1 aromatic carbocycles. The van der Waals surface area contributed by atoms with Crippen molar-refractivity contribution in [2.75, 3.05) is 6.61 Å². The van der Waals surface area contributed by atoms with Crippen molar-refractivity contribution < 1.29 is 18.3 Å². The second kappa shape index (κ2) is 5.27. The molecule has 94 valence electrons. The molecule has 0 unspecified atom stereocenters. The second-order valence-electron chi connectivity index (χ2n) is 3.70. The molecule has 2 aromatic rings. The third kappa shape index (κ3) is 2.92. The average Bonchev–Trinajstić information content (AvgIpc) is 2.77. The van der Waals surface area contributed by atoms with E-state index < -0.39 is 11.6 Å². The number of carbonyl (C=O) groups is 1. The lowest BCUT2D eigenvalue weighted by Crippen LogP contribution is -2.11. The van der Waals surface area contributed by atoms with Crippen molar-refractivity contribution in [1.82, 2.24) is 0 Å². The highest BCUT2D eigenvalue weighted by molar-refractivity contribution is 7.14. The van der Waals surface area contributed by atoms with E-state index in [2.05, 4.69) is 0 Å². The Kier molecular flexibility index (Phi) is 3.72. The topological polar surface area (TPSA) is 26.3 Å². The van der Waals surface area contributed by atoms with Crippen molar-refractivity contribution in [2.24, 2.45) is 0 Å². The first kappa shape index (κ1) is 12.7. The summed E-state index contributed by atoms with van der Waals surface area (Å²) in [7, 11) is 0. The van der Waals surface area contributed by atoms with E-state index in [1.165, 1.54) is 11.3 Å². The number of ketones is 1. The molecule has 2 rings (SSSR count). The van der Waals surface area contributed by atoms with Gasteiger partial charge in [-0.3, -0.25) is 4.79 Å². The van der Waals surface area contributed by atoms with E-state index in [1.54, 1.807) is 6.07 Å². The third-order valence-electron chi connectivity index (χ3n) is 2.27. The first-order valence-corrected chi connectivity index (χ1v) is 6.05. The third-order valence-corrected chi connectivity index (χ3v) is 3.31. The molecule has 1 heterocycles. The molecule has 0 fully saturated rings. The summed E-state index contributed by atoms with van der Waals surface area (Å²) >= 11 is 1.34. The summed E-state index contributed by atoms with van der Waals surface area (Å²) in [5.41, 5.74) is 0. The average molecular weight is 268 g/mol. The Bertz CT molecular complexity index is 578. The molecule has 0 saturated carbocycles. The van der Waals surface area contributed by atoms with Crippen LogP contribution < -0.4 is 4.74 Å². The number of Topliss-reactive ketones (excluding diaryl/α,β-unsaturated/α-hetero) is 1. The van der Waals surface area contributed by atoms with E-state index in [4.69, 9.17) is 4.74 Å². The molecule has 0 N–H and O–H groups in total. The van der Waals surface area contributed by atoms with Gasteiger partial charge in [0.2, 0.25) is 5.78 Å². The molecule has 0 aliphatic heterocycles. The van der Waals surface area contributed by atoms with Crippen LogP contribution in [-0.4, -0.2) is 12.4 Å². The first-order valence-electron chi connectivity index (χ1n) is 5.24. The van der Waals surface area contributed by atoms with Gasteiger partial charge in [0.1, 0.15) is 5.82 Å². The lowest BCUT2D eigenvalue weighted by Gasteiger charge is -2.05. The van der Waals surface area contributed by atoms with Crippen LogP contribution in [0.15, 0.2) is 30.3 Å². The number of hydrogen-bond donors (Lipinski definition) is 0. The van der Waals surface area contributed by atoms with Gasteiger partial charge in [-0.25, -0.2) is 8.78 Å². The summed E-state index contributed by atoms with van der Waals surface area (Å²) in [6, 6.07) is 6.38. The van der Waals surface area contributed by atoms with E-state index in [0.29, 0.717) is 4.88 Å². The lowest BCUT2D eigenvalue weighted by molar-refractivity contribution is 0.0922. The number of benzene rings is 1. The molecule has 0 bridgehead atoms. The molecule has 0 amide bonds. The molecule has 0 aliphatic carbocycles. The number of rotatable bonds is 4. The number of halogens is 2. The smallest absolute Gasteiger partial charge is 0.210 e. The van der Waals surface area contributed by atoms with Crippen LogP contribution in [0.2, 0.25) is 0 Å². The van der Waals surface area contributed by atoms with E-state index in [9.17, 15) is 13.6 Å². The van der Waals surface area contributed by atoms with Crippen LogP contribution >= 0.6 is 11.3 Å². The maximum Gasteiger partial charge on any atom is 0.210 e. The summed E-state index contributed by atoms with van der Waals surface area (Å²) in [6.07, 6.45) is 0. The minimum absolute atomic E-state index is 0.253. The van der Waals surface area contributed by atoms with Gasteiger partial charge in [0.05, 0.1) is 4.88 Å². The summed E-state index contributed by atoms with van der Waals surface area (Å²) in [5, 5.41) is 0. The van der Waals surface area contributed by atoms with Crippen molar-refractivity contribution >= 4 is 17.1 Å². The quantitative estimate of drug-likeness (QED) is 0.792. The van der Waals surface area contributed by atoms with Gasteiger partial charge in [-0.05, 0) is 31.2 Å². The lowest BCUT2D eigenvalue weighted by atomic mass is 10.3. The maximum atomic E-state index is 13.2. The highest BCUT2D eigenvalue weighted by atomic mass is 32.1. The van der Waals surface area contributed by atoms with Gasteiger partial charge in [-0.1, -0.05) is 0 Å². The molecular weight excluding hydrogens is 258 g/mol. The molecule has 5 heteroatoms. The molecule has 0 saturated heterocycles. The SMILES string of the molecule is Cc1ccc(C(=O)COc2cc(F)ccc2F)s1. The Morgan fingerprint density at radius 1 is 1.28 bits per heavy atom. The molecule has 1 aromatic heterocycles. The van der Waals surface area contributed by atoms with Crippen LogP contribution in [0.4, 0.5) is 8.78 Å². The normalized spacial score (nSPS) is 10.4. The number of hydrogen-bond acceptors (Lipinski definition) is 3. The number of thiophene rings is 1. The summed E-state index contributed by atoms with van der Waals surface area (Å²) in [6.45, 7) is 1.58. The van der Waals surface area contributed by atoms with Crippen molar-refractivity contribution in [2.45, 2.75) is 6.92 Å². The van der Waals surface area contributed by atoms with Gasteiger partial charge in [-0.2, -0.15) is 0 Å². The fraction of sp³-hybridized carbons (Fsp3) is 0.154. The molecule has 2 nitrogen and oxygen atoms in total. The van der Waals surface area contributed by atoms with Gasteiger partial charge < -0.3 is 4.74 Å². The highest BCUT2D eigenvalue weighted by Gasteiger charge is 2.11. The maximum absolute atomic E-state index is 13.2. The standard InChI is InChI=1S/C13H10F2O2S/c1-8-2-5-13(18-8)11(16)7-17-12-6-9(14)3-4-10(12)15/h2-6H,7H2,1H3.